The first-order valence-corrected chi connectivity index (χ1v) is 2.49. The molecular weight excluding hydrogens is 102 g/mol. The molecule has 0 amide bonds. The van der Waals surface area contributed by atoms with Gasteiger partial charge in [-0.25, -0.2) is 0 Å². The second-order valence-corrected chi connectivity index (χ2v) is 1.39. The van der Waals surface area contributed by atoms with E-state index < -0.39 is 0 Å². The van der Waals surface area contributed by atoms with E-state index in [9.17, 15) is 0 Å². The van der Waals surface area contributed by atoms with Crippen LogP contribution < -0.4 is 11.6 Å². The quantitative estimate of drug-likeness (QED) is 0.305. The fourth-order valence-corrected chi connectivity index (χ4v) is 0.257. The van der Waals surface area contributed by atoms with Gasteiger partial charge in [0.2, 0.25) is 0 Å². The first-order chi connectivity index (χ1) is 3.81. The van der Waals surface area contributed by atoms with Crippen LogP contribution in [-0.4, -0.2) is 6.21 Å². The number of rotatable bonds is 2. The van der Waals surface area contributed by atoms with Crippen molar-refractivity contribution < 1.29 is 0 Å². The minimum atomic E-state index is 0.791. The first-order valence-electron chi connectivity index (χ1n) is 2.49. The number of hydrogen-bond acceptors (Lipinski definition) is 3. The Labute approximate surface area is 49.1 Å². The van der Waals surface area contributed by atoms with Crippen LogP contribution in [0.4, 0.5) is 0 Å². The summed E-state index contributed by atoms with van der Waals surface area (Å²) < 4.78 is 0. The van der Waals surface area contributed by atoms with Crippen molar-refractivity contribution in [3.63, 3.8) is 0 Å². The molecule has 0 bridgehead atoms. The zero-order valence-electron chi connectivity index (χ0n) is 4.96. The van der Waals surface area contributed by atoms with Gasteiger partial charge in [0.25, 0.3) is 0 Å². The van der Waals surface area contributed by atoms with E-state index in [1.54, 1.807) is 6.08 Å². The topological polar surface area (TPSA) is 64.4 Å². The van der Waals surface area contributed by atoms with Gasteiger partial charge in [0.1, 0.15) is 0 Å². The maximum Gasteiger partial charge on any atom is 0.0482 e. The molecule has 0 aromatic carbocycles. The van der Waals surface area contributed by atoms with E-state index in [4.69, 9.17) is 11.6 Å². The normalized spacial score (nSPS) is 12.9. The molecule has 0 aromatic heterocycles. The number of nitrogens with zero attached hydrogens (tertiary/aromatic N) is 1. The molecule has 0 aliphatic carbocycles. The summed E-state index contributed by atoms with van der Waals surface area (Å²) in [5, 5.41) is 3.24. The Morgan fingerprint density at radius 1 is 1.75 bits per heavy atom. The van der Waals surface area contributed by atoms with Crippen LogP contribution in [0, 0.1) is 0 Å². The van der Waals surface area contributed by atoms with Gasteiger partial charge in [-0.15, -0.1) is 0 Å². The van der Waals surface area contributed by atoms with Crippen LogP contribution in [0.15, 0.2) is 16.9 Å². The largest absolute Gasteiger partial charge is 0.402 e. The van der Waals surface area contributed by atoms with Crippen molar-refractivity contribution in [2.45, 2.75) is 13.3 Å². The van der Waals surface area contributed by atoms with Crippen LogP contribution in [0.5, 0.6) is 0 Å². The number of nitrogens with two attached hydrogens (primary N) is 2. The fraction of sp³-hybridized carbons (Fsp3) is 0.400. The second-order valence-electron chi connectivity index (χ2n) is 1.39. The Morgan fingerprint density at radius 3 is 2.75 bits per heavy atom. The third-order valence-corrected chi connectivity index (χ3v) is 0.783. The van der Waals surface area contributed by atoms with Gasteiger partial charge in [0.15, 0.2) is 0 Å². The molecule has 0 aliphatic heterocycles. The van der Waals surface area contributed by atoms with Gasteiger partial charge < -0.3 is 11.6 Å². The molecule has 4 N–H and O–H groups in total. The molecule has 0 spiro atoms. The molecule has 46 valence electrons. The second kappa shape index (κ2) is 4.18. The van der Waals surface area contributed by atoms with Gasteiger partial charge in [-0.1, -0.05) is 6.92 Å². The summed E-state index contributed by atoms with van der Waals surface area (Å²) in [7, 11) is 0. The average molecular weight is 113 g/mol. The smallest absolute Gasteiger partial charge is 0.0482 e. The van der Waals surface area contributed by atoms with E-state index in [1.807, 2.05) is 6.92 Å². The van der Waals surface area contributed by atoms with E-state index in [2.05, 4.69) is 5.10 Å². The summed E-state index contributed by atoms with van der Waals surface area (Å²) in [5.41, 5.74) is 6.16. The third-order valence-electron chi connectivity index (χ3n) is 0.783. The van der Waals surface area contributed by atoms with E-state index in [1.165, 1.54) is 6.21 Å². The van der Waals surface area contributed by atoms with Crippen molar-refractivity contribution in [1.82, 2.24) is 0 Å². The maximum atomic E-state index is 5.37. The zero-order chi connectivity index (χ0) is 6.41. The summed E-state index contributed by atoms with van der Waals surface area (Å²) in [6, 6.07) is 0. The van der Waals surface area contributed by atoms with E-state index in [-0.39, 0.29) is 0 Å². The molecule has 0 aromatic rings. The lowest BCUT2D eigenvalue weighted by Crippen LogP contribution is -1.94. The van der Waals surface area contributed by atoms with Crippen LogP contribution in [-0.2, 0) is 0 Å². The zero-order valence-corrected chi connectivity index (χ0v) is 4.96. The SMILES string of the molecule is CC/C(N)=C/C=N\N. The predicted molar refractivity (Wildman–Crippen MR) is 35.2 cm³/mol. The Morgan fingerprint density at radius 2 is 2.38 bits per heavy atom. The molecule has 0 aliphatic rings. The van der Waals surface area contributed by atoms with Crippen molar-refractivity contribution in [1.29, 1.82) is 0 Å². The summed E-state index contributed by atoms with van der Waals surface area (Å²) >= 11 is 0. The van der Waals surface area contributed by atoms with Crippen molar-refractivity contribution in [2.75, 3.05) is 0 Å². The van der Waals surface area contributed by atoms with Crippen LogP contribution in [0.1, 0.15) is 13.3 Å². The molecule has 8 heavy (non-hydrogen) atoms. The molecule has 0 saturated carbocycles. The molecular formula is C5H11N3. The minimum Gasteiger partial charge on any atom is -0.402 e. The van der Waals surface area contributed by atoms with Gasteiger partial charge in [-0.2, -0.15) is 5.10 Å². The highest BCUT2D eigenvalue weighted by atomic mass is 15.1. The van der Waals surface area contributed by atoms with Crippen molar-refractivity contribution in [3.8, 4) is 0 Å². The number of hydrazone groups is 1. The molecule has 0 atom stereocenters. The molecule has 0 saturated heterocycles. The highest BCUT2D eigenvalue weighted by Crippen LogP contribution is 1.85. The van der Waals surface area contributed by atoms with Crippen LogP contribution in [0.25, 0.3) is 0 Å². The molecule has 3 heteroatoms. The predicted octanol–water partition coefficient (Wildman–Crippen LogP) is 0.184. The molecule has 0 rings (SSSR count). The van der Waals surface area contributed by atoms with Gasteiger partial charge in [0.05, 0.1) is 0 Å². The standard InChI is InChI=1S/C5H11N3/c1-2-5(6)3-4-8-7/h3-4H,2,6-7H2,1H3/b5-3-,8-4-. The van der Waals surface area contributed by atoms with E-state index in [0.717, 1.165) is 12.1 Å². The van der Waals surface area contributed by atoms with Crippen molar-refractivity contribution in [3.05, 3.63) is 11.8 Å². The Kier molecular flexibility index (Phi) is 3.66. The minimum absolute atomic E-state index is 0.791. The summed E-state index contributed by atoms with van der Waals surface area (Å²) in [5.74, 6) is 4.80. The van der Waals surface area contributed by atoms with Gasteiger partial charge in [0, 0.05) is 11.9 Å². The third kappa shape index (κ3) is 3.21. The van der Waals surface area contributed by atoms with Gasteiger partial charge >= 0.3 is 0 Å². The van der Waals surface area contributed by atoms with E-state index in [0.29, 0.717) is 0 Å². The van der Waals surface area contributed by atoms with Crippen LogP contribution >= 0.6 is 0 Å². The average Bonchev–Trinajstić information content (AvgIpc) is 1.83. The number of hydrogen-bond donors (Lipinski definition) is 2. The molecule has 0 fully saturated rings. The lowest BCUT2D eigenvalue weighted by Gasteiger charge is -1.87. The Bertz CT molecular complexity index is 104. The highest BCUT2D eigenvalue weighted by Gasteiger charge is 1.76. The molecule has 3 nitrogen and oxygen atoms in total. The van der Waals surface area contributed by atoms with E-state index >= 15 is 0 Å². The van der Waals surface area contributed by atoms with Crippen molar-refractivity contribution >= 4 is 6.21 Å². The fourth-order valence-electron chi connectivity index (χ4n) is 0.257. The molecule has 0 radical (unpaired) electrons. The monoisotopic (exact) mass is 113 g/mol. The molecule has 0 heterocycles. The van der Waals surface area contributed by atoms with Gasteiger partial charge in [-0.3, -0.25) is 0 Å². The lowest BCUT2D eigenvalue weighted by molar-refractivity contribution is 1.07. The van der Waals surface area contributed by atoms with Crippen LogP contribution in [0.3, 0.4) is 0 Å². The Hall–Kier alpha value is -0.990. The summed E-state index contributed by atoms with van der Waals surface area (Å²) in [6.45, 7) is 1.97. The van der Waals surface area contributed by atoms with Gasteiger partial charge in [-0.05, 0) is 12.5 Å². The number of allylic oxidation sites excluding steroid dienone is 2. The summed E-state index contributed by atoms with van der Waals surface area (Å²) in [4.78, 5) is 0. The first kappa shape index (κ1) is 7.01. The lowest BCUT2D eigenvalue weighted by atomic mass is 10.3. The van der Waals surface area contributed by atoms with Crippen LogP contribution in [0.2, 0.25) is 0 Å². The summed E-state index contributed by atoms with van der Waals surface area (Å²) in [6.07, 6.45) is 3.99. The van der Waals surface area contributed by atoms with Crippen molar-refractivity contribution in [2.24, 2.45) is 16.7 Å². The maximum absolute atomic E-state index is 5.37. The molecule has 0 unspecified atom stereocenters. The highest BCUT2D eigenvalue weighted by molar-refractivity contribution is 5.71. The Balaban J connectivity index is 3.57.